The molecule has 0 bridgehead atoms. The maximum Gasteiger partial charge on any atom is 0.409 e. The summed E-state index contributed by atoms with van der Waals surface area (Å²) < 4.78 is 67.0. The van der Waals surface area contributed by atoms with Crippen LogP contribution in [0.25, 0.3) is 0 Å². The number of rotatable bonds is 44. The Hall–Kier alpha value is -7.59. The first-order valence-corrected chi connectivity index (χ1v) is 38.0. The van der Waals surface area contributed by atoms with E-state index in [0.29, 0.717) is 12.2 Å². The summed E-state index contributed by atoms with van der Waals surface area (Å²) in [7, 11) is -0.380. The molecule has 101 heavy (non-hydrogen) atoms. The van der Waals surface area contributed by atoms with Gasteiger partial charge in [-0.2, -0.15) is 4.98 Å². The number of nitrogens with zero attached hydrogens (tertiary/aromatic N) is 6. The molecule has 6 aromatic rings. The lowest BCUT2D eigenvalue weighted by Gasteiger charge is -2.50. The van der Waals surface area contributed by atoms with Crippen molar-refractivity contribution in [2.24, 2.45) is 0 Å². The SMILES string of the molecule is CCCCCCCCCCCCCCCCCCOc1cc(COC(=O)CCC(=O)OCCOCCOCCOC(=O)N2CCN(P(=O)(OC[C@@H]3CN(C(c4ccccc4)(c4ccccc4)c4ccccc4)C[C@H](n4ccc(NC(=O)c5ccccc5)nc4=O)O3)N(C)C)CC2)cc(C)c1C. The van der Waals surface area contributed by atoms with E-state index < -0.39 is 55.2 Å². The van der Waals surface area contributed by atoms with E-state index in [2.05, 4.69) is 58.5 Å². The number of hydrogen-bond acceptors (Lipinski definition) is 16. The number of morpholine rings is 1. The maximum absolute atomic E-state index is 15.2. The zero-order chi connectivity index (χ0) is 71.5. The Balaban J connectivity index is 0.716. The van der Waals surface area contributed by atoms with Crippen LogP contribution in [0.3, 0.4) is 0 Å². The summed E-state index contributed by atoms with van der Waals surface area (Å²) in [5.74, 6) is -0.551. The second-order valence-corrected chi connectivity index (χ2v) is 28.8. The molecule has 21 nitrogen and oxygen atoms in total. The predicted molar refractivity (Wildman–Crippen MR) is 392 cm³/mol. The van der Waals surface area contributed by atoms with E-state index in [4.69, 9.17) is 37.7 Å². The Morgan fingerprint density at radius 3 is 1.64 bits per heavy atom. The molecule has 5 aromatic carbocycles. The van der Waals surface area contributed by atoms with E-state index >= 15 is 4.57 Å². The Bertz CT molecular complexity index is 3450. The zero-order valence-corrected chi connectivity index (χ0v) is 61.1. The first-order valence-electron chi connectivity index (χ1n) is 36.5. The highest BCUT2D eigenvalue weighted by Crippen LogP contribution is 2.53. The molecule has 3 heterocycles. The molecule has 2 aliphatic heterocycles. The van der Waals surface area contributed by atoms with Gasteiger partial charge >= 0.3 is 31.4 Å². The lowest BCUT2D eigenvalue weighted by Crippen LogP contribution is -2.58. The molecule has 0 aliphatic carbocycles. The molecule has 2 saturated heterocycles. The number of unbranched alkanes of at least 4 members (excludes halogenated alkanes) is 15. The van der Waals surface area contributed by atoms with Crippen LogP contribution in [0.5, 0.6) is 5.75 Å². The van der Waals surface area contributed by atoms with Crippen LogP contribution in [0.15, 0.2) is 151 Å². The second kappa shape index (κ2) is 42.7. The largest absolute Gasteiger partial charge is 0.493 e. The van der Waals surface area contributed by atoms with Crippen molar-refractivity contribution in [3.63, 3.8) is 0 Å². The third-order valence-corrected chi connectivity index (χ3v) is 21.2. The average molecular weight is 1410 g/mol. The standard InChI is InChI=1S/C79H108N7O14P/c1-6-7-8-9-10-11-12-13-14-15-16-17-18-19-20-33-50-95-71-58-65(57-63(2)64(71)3)61-98-75(88)43-42-74(87)96-55-53-93-51-52-94-54-56-97-78(91)83-46-48-85(49-47-83)101(92,82(4)5)99-62-70-59-84(60-73(100-70)86-45-44-72(81-77(86)90)80-76(89)66-34-25-21-26-35-66)79(67-36-27-22-28-37-67,68-38-29-23-30-39-68)69-40-31-24-32-41-69/h21-32,34-41,44-45,57-58,70,73H,6-20,33,42-43,46-56,59-62H2,1-5H3,(H,80,81,89,90)/t70-,73+,101?/m0/s1. The first-order chi connectivity index (χ1) is 49.2. The van der Waals surface area contributed by atoms with Crippen LogP contribution in [0.2, 0.25) is 0 Å². The van der Waals surface area contributed by atoms with Gasteiger partial charge in [0.1, 0.15) is 31.4 Å². The molecule has 548 valence electrons. The van der Waals surface area contributed by atoms with Gasteiger partial charge in [-0.25, -0.2) is 18.9 Å². The number of piperazine rings is 1. The van der Waals surface area contributed by atoms with Crippen LogP contribution in [-0.2, 0) is 59.2 Å². The predicted octanol–water partition coefficient (Wildman–Crippen LogP) is 14.5. The Kier molecular flexibility index (Phi) is 33.5. The van der Waals surface area contributed by atoms with Crippen LogP contribution in [0.4, 0.5) is 10.6 Å². The number of aryl methyl sites for hydroxylation is 1. The number of carbonyl (C=O) groups excluding carboxylic acids is 4. The van der Waals surface area contributed by atoms with Gasteiger partial charge in [-0.3, -0.25) is 28.4 Å². The van der Waals surface area contributed by atoms with E-state index in [1.807, 2.05) is 86.6 Å². The smallest absolute Gasteiger partial charge is 0.409 e. The van der Waals surface area contributed by atoms with Crippen LogP contribution in [0, 0.1) is 13.8 Å². The van der Waals surface area contributed by atoms with Crippen molar-refractivity contribution in [2.45, 2.75) is 161 Å². The first kappa shape index (κ1) is 79.1. The second-order valence-electron chi connectivity index (χ2n) is 26.2. The van der Waals surface area contributed by atoms with Gasteiger partial charge in [0.25, 0.3) is 5.91 Å². The van der Waals surface area contributed by atoms with Crippen molar-refractivity contribution in [2.75, 3.05) is 112 Å². The molecular weight excluding hydrogens is 1300 g/mol. The normalized spacial score (nSPS) is 15.8. The molecule has 0 saturated carbocycles. The molecule has 2 fully saturated rings. The van der Waals surface area contributed by atoms with Crippen molar-refractivity contribution in [1.82, 2.24) is 28.7 Å². The lowest BCUT2D eigenvalue weighted by molar-refractivity contribution is -0.151. The summed E-state index contributed by atoms with van der Waals surface area (Å²) in [6, 6.07) is 44.6. The highest BCUT2D eigenvalue weighted by molar-refractivity contribution is 7.53. The minimum absolute atomic E-state index is 0.00516. The third kappa shape index (κ3) is 24.5. The van der Waals surface area contributed by atoms with Crippen molar-refractivity contribution < 1.29 is 61.4 Å². The molecule has 3 atom stereocenters. The minimum atomic E-state index is -3.76. The van der Waals surface area contributed by atoms with Crippen LogP contribution < -0.4 is 15.7 Å². The van der Waals surface area contributed by atoms with Gasteiger partial charge in [0.15, 0.2) is 6.23 Å². The summed E-state index contributed by atoms with van der Waals surface area (Å²) in [6.45, 7) is 8.95. The fraction of sp³-hybridized carbons (Fsp3) is 0.519. The molecule has 0 radical (unpaired) electrons. The third-order valence-electron chi connectivity index (χ3n) is 18.6. The van der Waals surface area contributed by atoms with E-state index in [9.17, 15) is 24.0 Å². The molecule has 1 aromatic heterocycles. The molecule has 1 N–H and O–H groups in total. The van der Waals surface area contributed by atoms with Crippen molar-refractivity contribution in [1.29, 1.82) is 0 Å². The van der Waals surface area contributed by atoms with Crippen LogP contribution >= 0.6 is 7.67 Å². The van der Waals surface area contributed by atoms with Gasteiger partial charge < -0.3 is 47.9 Å². The quantitative estimate of drug-likeness (QED) is 0.0124. The fourth-order valence-corrected chi connectivity index (χ4v) is 14.9. The van der Waals surface area contributed by atoms with E-state index in [1.165, 1.54) is 94.5 Å². The highest BCUT2D eigenvalue weighted by atomic mass is 31.2. The molecule has 2 amide bonds. The van der Waals surface area contributed by atoms with Gasteiger partial charge in [0.2, 0.25) is 0 Å². The van der Waals surface area contributed by atoms with Gasteiger partial charge in [-0.05, 0) is 92.0 Å². The topological polar surface area (TPSA) is 219 Å². The molecule has 2 aliphatic rings. The monoisotopic (exact) mass is 1410 g/mol. The number of hydrogen-bond donors (Lipinski definition) is 1. The summed E-state index contributed by atoms with van der Waals surface area (Å²) in [5.41, 5.74) is 4.71. The molecule has 1 unspecified atom stereocenters. The van der Waals surface area contributed by atoms with Gasteiger partial charge in [-0.1, -0.05) is 218 Å². The van der Waals surface area contributed by atoms with Gasteiger partial charge in [-0.15, -0.1) is 0 Å². The summed E-state index contributed by atoms with van der Waals surface area (Å²) in [5, 5.41) is 2.74. The number of benzene rings is 5. The lowest BCUT2D eigenvalue weighted by atomic mass is 9.75. The summed E-state index contributed by atoms with van der Waals surface area (Å²) >= 11 is 0. The van der Waals surface area contributed by atoms with E-state index in [1.54, 1.807) is 64.9 Å². The maximum atomic E-state index is 15.2. The highest BCUT2D eigenvalue weighted by Gasteiger charge is 2.48. The van der Waals surface area contributed by atoms with Crippen molar-refractivity contribution in [3.05, 3.63) is 195 Å². The molecular formula is C79H108N7O14P. The average Bonchev–Trinajstić information content (AvgIpc) is 0.731. The molecule has 0 spiro atoms. The Morgan fingerprint density at radius 2 is 1.11 bits per heavy atom. The Labute approximate surface area is 598 Å². The van der Waals surface area contributed by atoms with E-state index in [0.717, 1.165) is 52.0 Å². The molecule has 22 heteroatoms. The summed E-state index contributed by atoms with van der Waals surface area (Å²) in [4.78, 5) is 73.7. The van der Waals surface area contributed by atoms with Crippen molar-refractivity contribution in [3.8, 4) is 5.75 Å². The molecule has 8 rings (SSSR count). The zero-order valence-electron chi connectivity index (χ0n) is 60.2. The van der Waals surface area contributed by atoms with Gasteiger partial charge in [0, 0.05) is 51.0 Å². The Morgan fingerprint density at radius 1 is 0.604 bits per heavy atom. The fourth-order valence-electron chi connectivity index (χ4n) is 13.0. The minimum Gasteiger partial charge on any atom is -0.493 e. The summed E-state index contributed by atoms with van der Waals surface area (Å²) in [6.07, 6.45) is 20.3. The van der Waals surface area contributed by atoms with Crippen LogP contribution in [-0.4, -0.2) is 165 Å². The number of aromatic nitrogens is 2. The number of amides is 2. The van der Waals surface area contributed by atoms with E-state index in [-0.39, 0.29) is 111 Å². The number of anilines is 1. The van der Waals surface area contributed by atoms with Gasteiger partial charge in [0.05, 0.1) is 64.1 Å². The van der Waals surface area contributed by atoms with Crippen LogP contribution in [0.1, 0.15) is 172 Å². The number of ether oxygens (including phenoxy) is 7. The van der Waals surface area contributed by atoms with Crippen molar-refractivity contribution >= 4 is 37.4 Å². The number of esters is 2. The number of nitrogens with one attached hydrogen (secondary N) is 1. The number of carbonyl (C=O) groups is 4.